The Bertz CT molecular complexity index is 341. The van der Waals surface area contributed by atoms with Crippen LogP contribution in [0.1, 0.15) is 39.5 Å². The SMILES string of the molecule is CC(C)(C#N)CCCN1CCC([C@@H](O)C(N)=O)CC1. The molecule has 1 amide bonds. The second-order valence-corrected chi connectivity index (χ2v) is 6.13. The van der Waals surface area contributed by atoms with Gasteiger partial charge in [-0.1, -0.05) is 0 Å². The molecule has 19 heavy (non-hydrogen) atoms. The summed E-state index contributed by atoms with van der Waals surface area (Å²) in [5, 5.41) is 18.6. The lowest BCUT2D eigenvalue weighted by Crippen LogP contribution is -2.43. The maximum atomic E-state index is 10.9. The van der Waals surface area contributed by atoms with Crippen LogP contribution in [0.15, 0.2) is 0 Å². The summed E-state index contributed by atoms with van der Waals surface area (Å²) in [7, 11) is 0. The van der Waals surface area contributed by atoms with Gasteiger partial charge >= 0.3 is 0 Å². The first kappa shape index (κ1) is 15.9. The maximum Gasteiger partial charge on any atom is 0.246 e. The van der Waals surface area contributed by atoms with Crippen LogP contribution in [0, 0.1) is 22.7 Å². The van der Waals surface area contributed by atoms with Crippen LogP contribution in [0.4, 0.5) is 0 Å². The van der Waals surface area contributed by atoms with Gasteiger partial charge < -0.3 is 15.7 Å². The van der Waals surface area contributed by atoms with Crippen LogP contribution in [0.5, 0.6) is 0 Å². The second-order valence-electron chi connectivity index (χ2n) is 6.13. The van der Waals surface area contributed by atoms with E-state index >= 15 is 0 Å². The van der Waals surface area contributed by atoms with Gasteiger partial charge in [0.25, 0.3) is 0 Å². The number of aliphatic hydroxyl groups is 1. The Hall–Kier alpha value is -1.12. The van der Waals surface area contributed by atoms with E-state index in [-0.39, 0.29) is 11.3 Å². The molecule has 1 aliphatic rings. The fourth-order valence-electron chi connectivity index (χ4n) is 2.53. The minimum Gasteiger partial charge on any atom is -0.383 e. The molecule has 0 aromatic carbocycles. The first-order valence-electron chi connectivity index (χ1n) is 6.97. The number of nitriles is 1. The predicted octanol–water partition coefficient (Wildman–Crippen LogP) is 0.875. The van der Waals surface area contributed by atoms with Crippen molar-refractivity contribution >= 4 is 5.91 Å². The number of carbonyl (C=O) groups excluding carboxylic acids is 1. The third-order valence-electron chi connectivity index (χ3n) is 3.95. The zero-order valence-electron chi connectivity index (χ0n) is 11.9. The number of nitrogens with zero attached hydrogens (tertiary/aromatic N) is 2. The number of piperidine rings is 1. The molecule has 0 saturated carbocycles. The van der Waals surface area contributed by atoms with Crippen molar-refractivity contribution in [1.82, 2.24) is 4.90 Å². The van der Waals surface area contributed by atoms with Crippen molar-refractivity contribution < 1.29 is 9.90 Å². The Morgan fingerprint density at radius 3 is 2.58 bits per heavy atom. The van der Waals surface area contributed by atoms with E-state index in [4.69, 9.17) is 11.0 Å². The van der Waals surface area contributed by atoms with E-state index in [2.05, 4.69) is 11.0 Å². The fraction of sp³-hybridized carbons (Fsp3) is 0.857. The third-order valence-corrected chi connectivity index (χ3v) is 3.95. The minimum absolute atomic E-state index is 0.00398. The Balaban J connectivity index is 2.24. The number of likely N-dealkylation sites (tertiary alicyclic amines) is 1. The summed E-state index contributed by atoms with van der Waals surface area (Å²) >= 11 is 0. The van der Waals surface area contributed by atoms with Crippen molar-refractivity contribution in [2.75, 3.05) is 19.6 Å². The van der Waals surface area contributed by atoms with Crippen LogP contribution in [0.25, 0.3) is 0 Å². The molecule has 1 atom stereocenters. The van der Waals surface area contributed by atoms with Crippen molar-refractivity contribution in [2.45, 2.75) is 45.6 Å². The summed E-state index contributed by atoms with van der Waals surface area (Å²) in [6, 6.07) is 2.31. The summed E-state index contributed by atoms with van der Waals surface area (Å²) in [4.78, 5) is 13.3. The molecule has 1 saturated heterocycles. The molecule has 1 aliphatic heterocycles. The number of rotatable bonds is 6. The van der Waals surface area contributed by atoms with Crippen molar-refractivity contribution in [1.29, 1.82) is 5.26 Å². The van der Waals surface area contributed by atoms with E-state index in [9.17, 15) is 9.90 Å². The standard InChI is InChI=1S/C14H25N3O2/c1-14(2,10-15)6-3-7-17-8-4-11(5-9-17)12(18)13(16)19/h11-12,18H,3-9H2,1-2H3,(H2,16,19)/t12-/m1/s1. The lowest BCUT2D eigenvalue weighted by atomic mass is 9.88. The number of nitrogens with two attached hydrogens (primary N) is 1. The van der Waals surface area contributed by atoms with Crippen LogP contribution >= 0.6 is 0 Å². The summed E-state index contributed by atoms with van der Waals surface area (Å²) in [6.07, 6.45) is 2.52. The van der Waals surface area contributed by atoms with Crippen LogP contribution in [0.3, 0.4) is 0 Å². The summed E-state index contributed by atoms with van der Waals surface area (Å²) < 4.78 is 0. The van der Waals surface area contributed by atoms with E-state index < -0.39 is 12.0 Å². The largest absolute Gasteiger partial charge is 0.383 e. The monoisotopic (exact) mass is 267 g/mol. The molecule has 0 spiro atoms. The number of carbonyl (C=O) groups is 1. The fourth-order valence-corrected chi connectivity index (χ4v) is 2.53. The highest BCUT2D eigenvalue weighted by molar-refractivity contribution is 5.78. The molecule has 108 valence electrons. The number of hydrogen-bond acceptors (Lipinski definition) is 4. The van der Waals surface area contributed by atoms with Crippen molar-refractivity contribution in [3.63, 3.8) is 0 Å². The number of amides is 1. The Labute approximate surface area is 115 Å². The smallest absolute Gasteiger partial charge is 0.246 e. The zero-order valence-corrected chi connectivity index (χ0v) is 11.9. The Morgan fingerprint density at radius 2 is 2.11 bits per heavy atom. The molecule has 5 heteroatoms. The topological polar surface area (TPSA) is 90.3 Å². The van der Waals surface area contributed by atoms with E-state index in [0.29, 0.717) is 0 Å². The molecular formula is C14H25N3O2. The van der Waals surface area contributed by atoms with Gasteiger partial charge in [0, 0.05) is 0 Å². The highest BCUT2D eigenvalue weighted by atomic mass is 16.3. The Morgan fingerprint density at radius 1 is 1.53 bits per heavy atom. The summed E-state index contributed by atoms with van der Waals surface area (Å²) in [6.45, 7) is 6.68. The van der Waals surface area contributed by atoms with Gasteiger partial charge in [0.05, 0.1) is 11.5 Å². The van der Waals surface area contributed by atoms with Gasteiger partial charge in [-0.05, 0) is 65.1 Å². The van der Waals surface area contributed by atoms with E-state index in [1.807, 2.05) is 13.8 Å². The Kier molecular flexibility index (Phi) is 5.77. The van der Waals surface area contributed by atoms with E-state index in [0.717, 1.165) is 45.3 Å². The normalized spacial score (nSPS) is 19.9. The average molecular weight is 267 g/mol. The van der Waals surface area contributed by atoms with Crippen molar-refractivity contribution in [3.8, 4) is 6.07 Å². The molecule has 0 bridgehead atoms. The third kappa shape index (κ3) is 5.17. The molecule has 0 radical (unpaired) electrons. The average Bonchev–Trinajstić information content (AvgIpc) is 2.38. The molecule has 0 aromatic rings. The van der Waals surface area contributed by atoms with E-state index in [1.54, 1.807) is 0 Å². The van der Waals surface area contributed by atoms with Crippen LogP contribution in [0.2, 0.25) is 0 Å². The quantitative estimate of drug-likeness (QED) is 0.747. The molecule has 1 rings (SSSR count). The van der Waals surface area contributed by atoms with Gasteiger partial charge in [0.2, 0.25) is 5.91 Å². The van der Waals surface area contributed by atoms with Crippen LogP contribution in [-0.4, -0.2) is 41.7 Å². The number of primary amides is 1. The van der Waals surface area contributed by atoms with Gasteiger partial charge in [0.15, 0.2) is 0 Å². The van der Waals surface area contributed by atoms with Gasteiger partial charge in [-0.15, -0.1) is 0 Å². The van der Waals surface area contributed by atoms with E-state index in [1.165, 1.54) is 0 Å². The molecule has 5 nitrogen and oxygen atoms in total. The molecular weight excluding hydrogens is 242 g/mol. The molecule has 0 aromatic heterocycles. The number of aliphatic hydroxyl groups excluding tert-OH is 1. The highest BCUT2D eigenvalue weighted by Crippen LogP contribution is 2.23. The van der Waals surface area contributed by atoms with Gasteiger partial charge in [-0.25, -0.2) is 0 Å². The first-order chi connectivity index (χ1) is 8.85. The highest BCUT2D eigenvalue weighted by Gasteiger charge is 2.28. The lowest BCUT2D eigenvalue weighted by Gasteiger charge is -2.33. The first-order valence-corrected chi connectivity index (χ1v) is 6.97. The van der Waals surface area contributed by atoms with Gasteiger partial charge in [-0.3, -0.25) is 4.79 Å². The molecule has 1 fully saturated rings. The van der Waals surface area contributed by atoms with Crippen molar-refractivity contribution in [2.24, 2.45) is 17.1 Å². The summed E-state index contributed by atoms with van der Waals surface area (Å²) in [5.41, 5.74) is 4.86. The zero-order chi connectivity index (χ0) is 14.5. The lowest BCUT2D eigenvalue weighted by molar-refractivity contribution is -0.129. The molecule has 1 heterocycles. The van der Waals surface area contributed by atoms with Gasteiger partial charge in [-0.2, -0.15) is 5.26 Å². The van der Waals surface area contributed by atoms with Gasteiger partial charge in [0.1, 0.15) is 6.10 Å². The van der Waals surface area contributed by atoms with Crippen LogP contribution < -0.4 is 5.73 Å². The molecule has 0 unspecified atom stereocenters. The summed E-state index contributed by atoms with van der Waals surface area (Å²) in [5.74, 6) is -0.612. The van der Waals surface area contributed by atoms with Crippen molar-refractivity contribution in [3.05, 3.63) is 0 Å². The number of hydrogen-bond donors (Lipinski definition) is 2. The molecule has 0 aliphatic carbocycles. The maximum absolute atomic E-state index is 10.9. The minimum atomic E-state index is -1.00. The van der Waals surface area contributed by atoms with Crippen LogP contribution in [-0.2, 0) is 4.79 Å². The second kappa shape index (κ2) is 6.88. The molecule has 3 N–H and O–H groups in total. The predicted molar refractivity (Wildman–Crippen MR) is 73.0 cm³/mol.